The van der Waals surface area contributed by atoms with E-state index in [1.165, 1.54) is 0 Å². The largest absolute Gasteiger partial charge is 0.388 e. The van der Waals surface area contributed by atoms with Gasteiger partial charge in [-0.1, -0.05) is 32.3 Å². The van der Waals surface area contributed by atoms with Crippen LogP contribution in [0.5, 0.6) is 0 Å². The molecule has 29 heavy (non-hydrogen) atoms. The van der Waals surface area contributed by atoms with Crippen LogP contribution in [-0.4, -0.2) is 105 Å². The molecule has 2 heterocycles. The minimum Gasteiger partial charge on any atom is -0.388 e. The number of hydrogen-bond donors (Lipinski definition) is 6. The van der Waals surface area contributed by atoms with E-state index in [2.05, 4.69) is 13.5 Å². The molecule has 0 spiro atoms. The summed E-state index contributed by atoms with van der Waals surface area (Å²) in [6.45, 7) is 5.24. The van der Waals surface area contributed by atoms with Gasteiger partial charge in [0.25, 0.3) is 0 Å². The second-order valence-corrected chi connectivity index (χ2v) is 7.50. The highest BCUT2D eigenvalue weighted by Crippen LogP contribution is 2.26. The summed E-state index contributed by atoms with van der Waals surface area (Å²) in [5, 5.41) is 59.6. The topological polar surface area (TPSA) is 158 Å². The van der Waals surface area contributed by atoms with E-state index in [4.69, 9.17) is 18.9 Å². The highest BCUT2D eigenvalue weighted by Gasteiger charge is 2.46. The van der Waals surface area contributed by atoms with E-state index in [0.717, 1.165) is 19.3 Å². The molecule has 2 aliphatic rings. The van der Waals surface area contributed by atoms with Gasteiger partial charge in [0.2, 0.25) is 0 Å². The van der Waals surface area contributed by atoms with Crippen LogP contribution >= 0.6 is 0 Å². The van der Waals surface area contributed by atoms with Crippen molar-refractivity contribution in [1.29, 1.82) is 0 Å². The molecule has 0 aromatic rings. The lowest BCUT2D eigenvalue weighted by molar-refractivity contribution is -0.325. The van der Waals surface area contributed by atoms with Crippen molar-refractivity contribution in [2.24, 2.45) is 0 Å². The number of aliphatic hydroxyl groups is 6. The highest BCUT2D eigenvalue weighted by molar-refractivity contribution is 4.91. The summed E-state index contributed by atoms with van der Waals surface area (Å²) >= 11 is 0. The minimum atomic E-state index is -1.53. The molecule has 2 saturated heterocycles. The number of rotatable bonds is 10. The summed E-state index contributed by atoms with van der Waals surface area (Å²) in [7, 11) is 0. The molecule has 170 valence electrons. The van der Waals surface area contributed by atoms with Gasteiger partial charge in [0.15, 0.2) is 12.6 Å². The van der Waals surface area contributed by atoms with E-state index >= 15 is 0 Å². The smallest absolute Gasteiger partial charge is 0.187 e. The predicted octanol–water partition coefficient (Wildman–Crippen LogP) is -1.60. The summed E-state index contributed by atoms with van der Waals surface area (Å²) in [5.74, 6) is 0. The van der Waals surface area contributed by atoms with Crippen LogP contribution in [0.15, 0.2) is 12.7 Å². The Morgan fingerprint density at radius 2 is 1.66 bits per heavy atom. The zero-order valence-corrected chi connectivity index (χ0v) is 16.6. The maximum atomic E-state index is 10.2. The Bertz CT molecular complexity index is 492. The monoisotopic (exact) mass is 422 g/mol. The molecular formula is C19H34O10. The summed E-state index contributed by atoms with van der Waals surface area (Å²) < 4.78 is 21.8. The van der Waals surface area contributed by atoms with Crippen molar-refractivity contribution in [2.75, 3.05) is 13.2 Å². The lowest BCUT2D eigenvalue weighted by Crippen LogP contribution is -2.60. The van der Waals surface area contributed by atoms with Crippen molar-refractivity contribution < 1.29 is 49.6 Å². The molecule has 0 aromatic heterocycles. The molecule has 0 amide bonds. The minimum absolute atomic E-state index is 0.233. The van der Waals surface area contributed by atoms with Crippen molar-refractivity contribution in [1.82, 2.24) is 0 Å². The maximum absolute atomic E-state index is 10.2. The van der Waals surface area contributed by atoms with Crippen LogP contribution in [0.4, 0.5) is 0 Å². The molecule has 2 rings (SSSR count). The Balaban J connectivity index is 1.93. The SMILES string of the molecule is C=C[C@@H](CCCCC)O[C@H]1O[C@H](CO[C@@H]2OC[C@H](O)[C@H](O)[C@H]2O)[C@@H](O)[C@H](O)[C@H]1O. The van der Waals surface area contributed by atoms with Crippen molar-refractivity contribution >= 4 is 0 Å². The van der Waals surface area contributed by atoms with E-state index in [0.29, 0.717) is 6.42 Å². The Morgan fingerprint density at radius 3 is 2.31 bits per heavy atom. The fourth-order valence-electron chi connectivity index (χ4n) is 3.29. The zero-order valence-electron chi connectivity index (χ0n) is 16.6. The van der Waals surface area contributed by atoms with Gasteiger partial charge in [0, 0.05) is 0 Å². The van der Waals surface area contributed by atoms with Gasteiger partial charge >= 0.3 is 0 Å². The first-order valence-corrected chi connectivity index (χ1v) is 10.0. The Labute approximate surface area is 170 Å². The van der Waals surface area contributed by atoms with Crippen LogP contribution < -0.4 is 0 Å². The van der Waals surface area contributed by atoms with E-state index in [-0.39, 0.29) is 13.2 Å². The van der Waals surface area contributed by atoms with E-state index in [1.807, 2.05) is 0 Å². The summed E-state index contributed by atoms with van der Waals surface area (Å²) in [5.41, 5.74) is 0. The standard InChI is InChI=1S/C19H34O10/c1-3-5-6-7-10(4-2)28-19-17(25)15(23)14(22)12(29-19)9-27-18-16(24)13(21)11(20)8-26-18/h4,10-25H,2-3,5-9H2,1H3/t10-,11-,12+,13-,14+,15-,16+,17+,18-,19-/m0/s1. The predicted molar refractivity (Wildman–Crippen MR) is 99.6 cm³/mol. The number of unbranched alkanes of at least 4 members (excludes halogenated alkanes) is 2. The molecule has 10 heteroatoms. The Hall–Kier alpha value is -0.660. The average molecular weight is 422 g/mol. The molecule has 6 N–H and O–H groups in total. The molecule has 0 radical (unpaired) electrons. The van der Waals surface area contributed by atoms with Crippen LogP contribution in [-0.2, 0) is 18.9 Å². The Kier molecular flexibility index (Phi) is 9.89. The third kappa shape index (κ3) is 6.41. The van der Waals surface area contributed by atoms with Gasteiger partial charge in [0.1, 0.15) is 42.7 Å². The first kappa shape index (κ1) is 24.6. The van der Waals surface area contributed by atoms with Gasteiger partial charge in [0.05, 0.1) is 19.3 Å². The molecule has 0 aliphatic carbocycles. The van der Waals surface area contributed by atoms with E-state index < -0.39 is 61.4 Å². The first-order chi connectivity index (χ1) is 13.8. The quantitative estimate of drug-likeness (QED) is 0.179. The maximum Gasteiger partial charge on any atom is 0.187 e. The van der Waals surface area contributed by atoms with Crippen molar-refractivity contribution in [3.8, 4) is 0 Å². The second kappa shape index (κ2) is 11.7. The molecule has 2 fully saturated rings. The molecule has 0 unspecified atom stereocenters. The summed E-state index contributed by atoms with van der Waals surface area (Å²) in [4.78, 5) is 0. The summed E-state index contributed by atoms with van der Waals surface area (Å²) in [6.07, 6.45) is -7.36. The first-order valence-electron chi connectivity index (χ1n) is 10.0. The second-order valence-electron chi connectivity index (χ2n) is 7.50. The van der Waals surface area contributed by atoms with Gasteiger partial charge in [-0.3, -0.25) is 0 Å². The number of hydrogen-bond acceptors (Lipinski definition) is 10. The molecular weight excluding hydrogens is 388 g/mol. The third-order valence-electron chi connectivity index (χ3n) is 5.21. The zero-order chi connectivity index (χ0) is 21.6. The van der Waals surface area contributed by atoms with Crippen LogP contribution in [0.25, 0.3) is 0 Å². The molecule has 0 aromatic carbocycles. The van der Waals surface area contributed by atoms with Crippen LogP contribution in [0.2, 0.25) is 0 Å². The van der Waals surface area contributed by atoms with Gasteiger partial charge < -0.3 is 49.6 Å². The summed E-state index contributed by atoms with van der Waals surface area (Å²) in [6, 6.07) is 0. The Morgan fingerprint density at radius 1 is 0.966 bits per heavy atom. The van der Waals surface area contributed by atoms with Gasteiger partial charge in [-0.2, -0.15) is 0 Å². The van der Waals surface area contributed by atoms with Gasteiger partial charge in [-0.15, -0.1) is 6.58 Å². The number of aliphatic hydroxyl groups excluding tert-OH is 6. The van der Waals surface area contributed by atoms with Crippen LogP contribution in [0.1, 0.15) is 32.6 Å². The lowest BCUT2D eigenvalue weighted by Gasteiger charge is -2.42. The van der Waals surface area contributed by atoms with Crippen molar-refractivity contribution in [2.45, 2.75) is 94.0 Å². The highest BCUT2D eigenvalue weighted by atomic mass is 16.7. The lowest BCUT2D eigenvalue weighted by atomic mass is 9.99. The fourth-order valence-corrected chi connectivity index (χ4v) is 3.29. The van der Waals surface area contributed by atoms with Crippen LogP contribution in [0, 0.1) is 0 Å². The third-order valence-corrected chi connectivity index (χ3v) is 5.21. The van der Waals surface area contributed by atoms with Gasteiger partial charge in [-0.05, 0) is 6.42 Å². The molecule has 10 atom stereocenters. The van der Waals surface area contributed by atoms with Crippen LogP contribution in [0.3, 0.4) is 0 Å². The van der Waals surface area contributed by atoms with Gasteiger partial charge in [-0.25, -0.2) is 0 Å². The van der Waals surface area contributed by atoms with E-state index in [1.54, 1.807) is 6.08 Å². The normalized spacial score (nSPS) is 41.8. The van der Waals surface area contributed by atoms with E-state index in [9.17, 15) is 30.6 Å². The number of ether oxygens (including phenoxy) is 4. The van der Waals surface area contributed by atoms with Crippen molar-refractivity contribution in [3.63, 3.8) is 0 Å². The average Bonchev–Trinajstić information content (AvgIpc) is 2.71. The van der Waals surface area contributed by atoms with Crippen molar-refractivity contribution in [3.05, 3.63) is 12.7 Å². The fraction of sp³-hybridized carbons (Fsp3) is 0.895. The molecule has 2 aliphatic heterocycles. The molecule has 10 nitrogen and oxygen atoms in total. The molecule has 0 bridgehead atoms. The molecule has 0 saturated carbocycles.